The Bertz CT molecular complexity index is 716. The summed E-state index contributed by atoms with van der Waals surface area (Å²) in [5.41, 5.74) is 2.44. The maximum Gasteiger partial charge on any atom is 0.262 e. The number of hydrogen-bond donors (Lipinski definition) is 1. The molecule has 2 rings (SSSR count). The lowest BCUT2D eigenvalue weighted by atomic mass is 10.0. The monoisotopic (exact) mass is 307 g/mol. The maximum atomic E-state index is 12.4. The van der Waals surface area contributed by atoms with Crippen molar-refractivity contribution in [1.29, 1.82) is 0 Å². The van der Waals surface area contributed by atoms with Crippen molar-refractivity contribution in [2.24, 2.45) is 0 Å². The molecule has 0 aliphatic carbocycles. The summed E-state index contributed by atoms with van der Waals surface area (Å²) in [6, 6.07) is 6.97. The van der Waals surface area contributed by atoms with Crippen LogP contribution in [0.4, 0.5) is 5.69 Å². The van der Waals surface area contributed by atoms with Crippen molar-refractivity contribution in [2.75, 3.05) is 4.72 Å². The van der Waals surface area contributed by atoms with Crippen LogP contribution in [0.25, 0.3) is 0 Å². The van der Waals surface area contributed by atoms with Gasteiger partial charge in [-0.3, -0.25) is 9.40 Å². The molecule has 6 heteroatoms. The van der Waals surface area contributed by atoms with Crippen LogP contribution in [-0.2, 0) is 16.6 Å². The van der Waals surface area contributed by atoms with Crippen molar-refractivity contribution < 1.29 is 8.42 Å². The van der Waals surface area contributed by atoms with Crippen molar-refractivity contribution in [3.63, 3.8) is 0 Å². The molecule has 21 heavy (non-hydrogen) atoms. The maximum absolute atomic E-state index is 12.4. The molecule has 114 valence electrons. The zero-order valence-electron chi connectivity index (χ0n) is 12.8. The van der Waals surface area contributed by atoms with Gasteiger partial charge in [-0.15, -0.1) is 0 Å². The number of nitrogens with one attached hydrogen (secondary N) is 1. The predicted octanol–water partition coefficient (Wildman–Crippen LogP) is 3.14. The number of aryl methyl sites for hydroxylation is 1. The van der Waals surface area contributed by atoms with Gasteiger partial charge in [-0.2, -0.15) is 5.10 Å². The molecule has 0 fully saturated rings. The van der Waals surface area contributed by atoms with Crippen molar-refractivity contribution in [3.05, 3.63) is 41.7 Å². The standard InChI is InChI=1S/C15H21N3O2S/c1-5-18-12(4)15(10-16-18)17-21(19,20)14-8-6-13(7-9-14)11(2)3/h6-11,17H,5H2,1-4H3. The Hall–Kier alpha value is -1.82. The van der Waals surface area contributed by atoms with E-state index in [-0.39, 0.29) is 4.90 Å². The van der Waals surface area contributed by atoms with Gasteiger partial charge in [0.15, 0.2) is 0 Å². The minimum atomic E-state index is -3.58. The van der Waals surface area contributed by atoms with Crippen LogP contribution in [0.15, 0.2) is 35.4 Å². The molecule has 0 bridgehead atoms. The van der Waals surface area contributed by atoms with Crippen LogP contribution in [0, 0.1) is 6.92 Å². The highest BCUT2D eigenvalue weighted by molar-refractivity contribution is 7.92. The van der Waals surface area contributed by atoms with Gasteiger partial charge in [0.1, 0.15) is 0 Å². The average Bonchev–Trinajstić information content (AvgIpc) is 2.79. The Kier molecular flexibility index (Phi) is 4.37. The zero-order valence-corrected chi connectivity index (χ0v) is 13.6. The van der Waals surface area contributed by atoms with Crippen molar-refractivity contribution >= 4 is 15.7 Å². The third-order valence-electron chi connectivity index (χ3n) is 3.50. The first-order valence-electron chi connectivity index (χ1n) is 7.00. The second-order valence-electron chi connectivity index (χ2n) is 5.29. The smallest absolute Gasteiger partial charge is 0.262 e. The summed E-state index contributed by atoms with van der Waals surface area (Å²) in [5, 5.41) is 4.14. The number of aromatic nitrogens is 2. The Balaban J connectivity index is 2.27. The molecule has 0 saturated heterocycles. The third kappa shape index (κ3) is 3.26. The van der Waals surface area contributed by atoms with E-state index in [1.807, 2.05) is 26.0 Å². The Labute approximate surface area is 126 Å². The van der Waals surface area contributed by atoms with Gasteiger partial charge in [0.05, 0.1) is 22.5 Å². The van der Waals surface area contributed by atoms with Gasteiger partial charge in [-0.1, -0.05) is 26.0 Å². The van der Waals surface area contributed by atoms with Gasteiger partial charge in [-0.25, -0.2) is 8.42 Å². The molecule has 1 aromatic carbocycles. The largest absolute Gasteiger partial charge is 0.276 e. The van der Waals surface area contributed by atoms with E-state index in [4.69, 9.17) is 0 Å². The summed E-state index contributed by atoms with van der Waals surface area (Å²) in [7, 11) is -3.58. The van der Waals surface area contributed by atoms with Gasteiger partial charge in [0.2, 0.25) is 0 Å². The predicted molar refractivity (Wildman–Crippen MR) is 84.0 cm³/mol. The number of benzene rings is 1. The highest BCUT2D eigenvalue weighted by atomic mass is 32.2. The fourth-order valence-corrected chi connectivity index (χ4v) is 3.20. The van der Waals surface area contributed by atoms with Crippen LogP contribution >= 0.6 is 0 Å². The van der Waals surface area contributed by atoms with E-state index in [1.54, 1.807) is 23.0 Å². The van der Waals surface area contributed by atoms with Crippen LogP contribution in [0.5, 0.6) is 0 Å². The van der Waals surface area contributed by atoms with Gasteiger partial charge in [0.25, 0.3) is 10.0 Å². The van der Waals surface area contributed by atoms with E-state index in [2.05, 4.69) is 23.7 Å². The summed E-state index contributed by atoms with van der Waals surface area (Å²) in [5.74, 6) is 0.375. The molecular formula is C15H21N3O2S. The second kappa shape index (κ2) is 5.89. The van der Waals surface area contributed by atoms with Crippen molar-refractivity contribution in [3.8, 4) is 0 Å². The molecule has 1 N–H and O–H groups in total. The fourth-order valence-electron chi connectivity index (χ4n) is 2.10. The van der Waals surface area contributed by atoms with Gasteiger partial charge in [0, 0.05) is 6.54 Å². The van der Waals surface area contributed by atoms with Crippen LogP contribution in [-0.4, -0.2) is 18.2 Å². The molecule has 2 aromatic rings. The SMILES string of the molecule is CCn1ncc(NS(=O)(=O)c2ccc(C(C)C)cc2)c1C. The number of anilines is 1. The molecule has 0 spiro atoms. The summed E-state index contributed by atoms with van der Waals surface area (Å²) in [6.07, 6.45) is 1.54. The lowest BCUT2D eigenvalue weighted by Crippen LogP contribution is -2.13. The van der Waals surface area contributed by atoms with Crippen LogP contribution in [0.3, 0.4) is 0 Å². The Morgan fingerprint density at radius 2 is 1.86 bits per heavy atom. The zero-order chi connectivity index (χ0) is 15.6. The van der Waals surface area contributed by atoms with Crippen LogP contribution < -0.4 is 4.72 Å². The first kappa shape index (κ1) is 15.6. The lowest BCUT2D eigenvalue weighted by molar-refractivity contribution is 0.601. The first-order valence-corrected chi connectivity index (χ1v) is 8.48. The van der Waals surface area contributed by atoms with Crippen molar-refractivity contribution in [2.45, 2.75) is 45.1 Å². The first-order chi connectivity index (χ1) is 9.85. The second-order valence-corrected chi connectivity index (χ2v) is 6.97. The molecule has 0 unspecified atom stereocenters. The highest BCUT2D eigenvalue weighted by Crippen LogP contribution is 2.21. The van der Waals surface area contributed by atoms with E-state index in [0.717, 1.165) is 11.3 Å². The average molecular weight is 307 g/mol. The van der Waals surface area contributed by atoms with Gasteiger partial charge >= 0.3 is 0 Å². The summed E-state index contributed by atoms with van der Waals surface area (Å²) >= 11 is 0. The number of rotatable bonds is 5. The molecule has 0 atom stereocenters. The highest BCUT2D eigenvalue weighted by Gasteiger charge is 2.17. The van der Waals surface area contributed by atoms with Gasteiger partial charge < -0.3 is 0 Å². The number of nitrogens with zero attached hydrogens (tertiary/aromatic N) is 2. The molecule has 0 radical (unpaired) electrons. The quantitative estimate of drug-likeness (QED) is 0.923. The summed E-state index contributed by atoms with van der Waals surface area (Å²) < 4.78 is 29.1. The fraction of sp³-hybridized carbons (Fsp3) is 0.400. The van der Waals surface area contributed by atoms with E-state index >= 15 is 0 Å². The molecule has 0 saturated carbocycles. The summed E-state index contributed by atoms with van der Waals surface area (Å²) in [6.45, 7) is 8.66. The third-order valence-corrected chi connectivity index (χ3v) is 4.89. The normalized spacial score (nSPS) is 11.9. The van der Waals surface area contributed by atoms with Crippen LogP contribution in [0.1, 0.15) is 37.9 Å². The Morgan fingerprint density at radius 3 is 2.33 bits per heavy atom. The van der Waals surface area contributed by atoms with Crippen LogP contribution in [0.2, 0.25) is 0 Å². The van der Waals surface area contributed by atoms with E-state index in [0.29, 0.717) is 18.2 Å². The van der Waals surface area contributed by atoms with Crippen molar-refractivity contribution in [1.82, 2.24) is 9.78 Å². The Morgan fingerprint density at radius 1 is 1.24 bits per heavy atom. The molecule has 1 heterocycles. The molecule has 0 aliphatic rings. The van der Waals surface area contributed by atoms with E-state index in [9.17, 15) is 8.42 Å². The summed E-state index contributed by atoms with van der Waals surface area (Å²) in [4.78, 5) is 0.260. The topological polar surface area (TPSA) is 64.0 Å². The number of sulfonamides is 1. The molecular weight excluding hydrogens is 286 g/mol. The van der Waals surface area contributed by atoms with Gasteiger partial charge in [-0.05, 0) is 37.5 Å². The molecule has 1 aromatic heterocycles. The lowest BCUT2D eigenvalue weighted by Gasteiger charge is -2.10. The number of hydrogen-bond acceptors (Lipinski definition) is 3. The van der Waals surface area contributed by atoms with E-state index < -0.39 is 10.0 Å². The molecule has 5 nitrogen and oxygen atoms in total. The minimum absolute atomic E-state index is 0.260. The molecule has 0 aliphatic heterocycles. The minimum Gasteiger partial charge on any atom is -0.276 e. The molecule has 0 amide bonds. The van der Waals surface area contributed by atoms with E-state index in [1.165, 1.54) is 0 Å².